The maximum Gasteiger partial charge on any atom is 0.0534 e. The van der Waals surface area contributed by atoms with Gasteiger partial charge in [0.25, 0.3) is 0 Å². The van der Waals surface area contributed by atoms with Gasteiger partial charge in [-0.3, -0.25) is 4.68 Å². The molecular weight excluding hydrogens is 178 g/mol. The minimum Gasteiger partial charge on any atom is -0.385 e. The van der Waals surface area contributed by atoms with Crippen molar-refractivity contribution >= 4 is 0 Å². The fraction of sp³-hybridized carbons (Fsp3) is 0.700. The van der Waals surface area contributed by atoms with E-state index in [4.69, 9.17) is 4.74 Å². The van der Waals surface area contributed by atoms with Gasteiger partial charge in [-0.25, -0.2) is 0 Å². The van der Waals surface area contributed by atoms with Crippen molar-refractivity contribution in [2.45, 2.75) is 19.9 Å². The molecule has 0 fully saturated rings. The highest BCUT2D eigenvalue weighted by Crippen LogP contribution is 1.92. The molecule has 0 saturated heterocycles. The smallest absolute Gasteiger partial charge is 0.0534 e. The summed E-state index contributed by atoms with van der Waals surface area (Å²) in [5.74, 6) is 0. The van der Waals surface area contributed by atoms with E-state index in [0.29, 0.717) is 0 Å². The molecule has 14 heavy (non-hydrogen) atoms. The first-order valence-corrected chi connectivity index (χ1v) is 5.01. The zero-order valence-corrected chi connectivity index (χ0v) is 8.99. The molecule has 1 N–H and O–H groups in total. The van der Waals surface area contributed by atoms with Crippen LogP contribution in [0.3, 0.4) is 0 Å². The zero-order valence-electron chi connectivity index (χ0n) is 8.99. The van der Waals surface area contributed by atoms with E-state index in [1.165, 1.54) is 5.56 Å². The monoisotopic (exact) mass is 197 g/mol. The second kappa shape index (κ2) is 6.56. The standard InChI is InChI=1S/C10H19N3O/c1-10-8-12-13(9-10)6-5-11-4-3-7-14-2/h8-9,11H,3-7H2,1-2H3. The van der Waals surface area contributed by atoms with E-state index < -0.39 is 0 Å². The summed E-state index contributed by atoms with van der Waals surface area (Å²) in [5.41, 5.74) is 1.21. The Balaban J connectivity index is 1.99. The molecular formula is C10H19N3O. The van der Waals surface area contributed by atoms with Crippen molar-refractivity contribution in [1.82, 2.24) is 15.1 Å². The van der Waals surface area contributed by atoms with Crippen LogP contribution in [-0.2, 0) is 11.3 Å². The van der Waals surface area contributed by atoms with Gasteiger partial charge in [0.05, 0.1) is 12.7 Å². The highest BCUT2D eigenvalue weighted by atomic mass is 16.5. The molecule has 0 unspecified atom stereocenters. The molecule has 0 aliphatic heterocycles. The molecule has 0 amide bonds. The number of nitrogens with zero attached hydrogens (tertiary/aromatic N) is 2. The first-order chi connectivity index (χ1) is 6.83. The highest BCUT2D eigenvalue weighted by molar-refractivity contribution is 4.99. The molecule has 1 heterocycles. The van der Waals surface area contributed by atoms with Gasteiger partial charge >= 0.3 is 0 Å². The molecule has 1 rings (SSSR count). The summed E-state index contributed by atoms with van der Waals surface area (Å²) in [6.07, 6.45) is 5.00. The van der Waals surface area contributed by atoms with Gasteiger partial charge in [-0.15, -0.1) is 0 Å². The van der Waals surface area contributed by atoms with Crippen LogP contribution in [0.25, 0.3) is 0 Å². The van der Waals surface area contributed by atoms with Gasteiger partial charge in [-0.1, -0.05) is 0 Å². The minimum absolute atomic E-state index is 0.827. The van der Waals surface area contributed by atoms with Gasteiger partial charge in [0.15, 0.2) is 0 Å². The molecule has 80 valence electrons. The van der Waals surface area contributed by atoms with Crippen LogP contribution in [-0.4, -0.2) is 36.6 Å². The Hall–Kier alpha value is -0.870. The van der Waals surface area contributed by atoms with Crippen molar-refractivity contribution in [3.63, 3.8) is 0 Å². The van der Waals surface area contributed by atoms with E-state index in [2.05, 4.69) is 23.5 Å². The topological polar surface area (TPSA) is 39.1 Å². The maximum atomic E-state index is 4.95. The average Bonchev–Trinajstić information content (AvgIpc) is 2.58. The maximum absolute atomic E-state index is 4.95. The van der Waals surface area contributed by atoms with E-state index in [1.54, 1.807) is 7.11 Å². The van der Waals surface area contributed by atoms with Crippen molar-refractivity contribution in [2.24, 2.45) is 0 Å². The van der Waals surface area contributed by atoms with E-state index in [-0.39, 0.29) is 0 Å². The van der Waals surface area contributed by atoms with Crippen LogP contribution in [0.5, 0.6) is 0 Å². The van der Waals surface area contributed by atoms with Crippen molar-refractivity contribution < 1.29 is 4.74 Å². The molecule has 1 aromatic rings. The summed E-state index contributed by atoms with van der Waals surface area (Å²) in [5, 5.41) is 7.54. The van der Waals surface area contributed by atoms with E-state index >= 15 is 0 Å². The first-order valence-electron chi connectivity index (χ1n) is 5.01. The number of methoxy groups -OCH3 is 1. The van der Waals surface area contributed by atoms with Gasteiger partial charge in [-0.05, 0) is 25.5 Å². The Morgan fingerprint density at radius 2 is 2.36 bits per heavy atom. The number of aryl methyl sites for hydroxylation is 1. The van der Waals surface area contributed by atoms with E-state index in [0.717, 1.165) is 32.7 Å². The number of rotatable bonds is 7. The van der Waals surface area contributed by atoms with Crippen LogP contribution in [0.15, 0.2) is 12.4 Å². The third-order valence-corrected chi connectivity index (χ3v) is 1.98. The molecule has 0 bridgehead atoms. The summed E-state index contributed by atoms with van der Waals surface area (Å²) in [4.78, 5) is 0. The molecule has 0 aliphatic rings. The normalized spacial score (nSPS) is 10.7. The lowest BCUT2D eigenvalue weighted by molar-refractivity contribution is 0.194. The number of hydrogen-bond donors (Lipinski definition) is 1. The molecule has 0 aromatic carbocycles. The lowest BCUT2D eigenvalue weighted by Crippen LogP contribution is -2.22. The fourth-order valence-corrected chi connectivity index (χ4v) is 1.25. The van der Waals surface area contributed by atoms with E-state index in [1.807, 2.05) is 10.9 Å². The van der Waals surface area contributed by atoms with Gasteiger partial charge in [0, 0.05) is 26.5 Å². The Labute approximate surface area is 85.3 Å². The van der Waals surface area contributed by atoms with Gasteiger partial charge < -0.3 is 10.1 Å². The molecule has 4 heteroatoms. The van der Waals surface area contributed by atoms with Crippen LogP contribution < -0.4 is 5.32 Å². The number of aromatic nitrogens is 2. The Bertz CT molecular complexity index is 247. The van der Waals surface area contributed by atoms with Crippen LogP contribution in [0.2, 0.25) is 0 Å². The molecule has 0 atom stereocenters. The first kappa shape index (κ1) is 11.2. The lowest BCUT2D eigenvalue weighted by Gasteiger charge is -2.04. The molecule has 1 aromatic heterocycles. The van der Waals surface area contributed by atoms with Gasteiger partial charge in [0.1, 0.15) is 0 Å². The third-order valence-electron chi connectivity index (χ3n) is 1.98. The number of hydrogen-bond acceptors (Lipinski definition) is 3. The fourth-order valence-electron chi connectivity index (χ4n) is 1.25. The third kappa shape index (κ3) is 4.39. The van der Waals surface area contributed by atoms with Crippen molar-refractivity contribution in [3.8, 4) is 0 Å². The Kier molecular flexibility index (Phi) is 5.25. The second-order valence-corrected chi connectivity index (χ2v) is 3.38. The molecule has 4 nitrogen and oxygen atoms in total. The van der Waals surface area contributed by atoms with Crippen molar-refractivity contribution in [1.29, 1.82) is 0 Å². The van der Waals surface area contributed by atoms with Crippen molar-refractivity contribution in [3.05, 3.63) is 18.0 Å². The summed E-state index contributed by atoms with van der Waals surface area (Å²) >= 11 is 0. The SMILES string of the molecule is COCCCNCCn1cc(C)cn1. The summed E-state index contributed by atoms with van der Waals surface area (Å²) in [7, 11) is 1.73. The minimum atomic E-state index is 0.827. The predicted molar refractivity (Wildman–Crippen MR) is 56.3 cm³/mol. The second-order valence-electron chi connectivity index (χ2n) is 3.38. The van der Waals surface area contributed by atoms with Gasteiger partial charge in [-0.2, -0.15) is 5.10 Å². The van der Waals surface area contributed by atoms with Crippen LogP contribution >= 0.6 is 0 Å². The van der Waals surface area contributed by atoms with Crippen molar-refractivity contribution in [2.75, 3.05) is 26.8 Å². The number of nitrogens with one attached hydrogen (secondary N) is 1. The molecule has 0 radical (unpaired) electrons. The van der Waals surface area contributed by atoms with Crippen LogP contribution in [0.1, 0.15) is 12.0 Å². The Morgan fingerprint density at radius 3 is 3.00 bits per heavy atom. The quantitative estimate of drug-likeness (QED) is 0.658. The summed E-state index contributed by atoms with van der Waals surface area (Å²) in [6, 6.07) is 0. The highest BCUT2D eigenvalue weighted by Gasteiger charge is 1.93. The summed E-state index contributed by atoms with van der Waals surface area (Å²) < 4.78 is 6.91. The van der Waals surface area contributed by atoms with Crippen LogP contribution in [0, 0.1) is 6.92 Å². The molecule has 0 saturated carbocycles. The number of ether oxygens (including phenoxy) is 1. The average molecular weight is 197 g/mol. The summed E-state index contributed by atoms with van der Waals surface area (Å²) in [6.45, 7) is 5.78. The lowest BCUT2D eigenvalue weighted by atomic mass is 10.4. The van der Waals surface area contributed by atoms with Crippen LogP contribution in [0.4, 0.5) is 0 Å². The Morgan fingerprint density at radius 1 is 1.50 bits per heavy atom. The predicted octanol–water partition coefficient (Wildman–Crippen LogP) is 0.818. The largest absolute Gasteiger partial charge is 0.385 e. The zero-order chi connectivity index (χ0) is 10.2. The molecule has 0 aliphatic carbocycles. The van der Waals surface area contributed by atoms with E-state index in [9.17, 15) is 0 Å². The van der Waals surface area contributed by atoms with Gasteiger partial charge in [0.2, 0.25) is 0 Å². The molecule has 0 spiro atoms.